The van der Waals surface area contributed by atoms with Gasteiger partial charge in [0.05, 0.1) is 35.0 Å². The molecule has 2 rings (SSSR count). The predicted molar refractivity (Wildman–Crippen MR) is 120 cm³/mol. The summed E-state index contributed by atoms with van der Waals surface area (Å²) in [7, 11) is 1.21. The Labute approximate surface area is 192 Å². The second-order valence-corrected chi connectivity index (χ2v) is 7.18. The predicted octanol–water partition coefficient (Wildman–Crippen LogP) is 2.17. The average Bonchev–Trinajstić information content (AvgIpc) is 2.78. The van der Waals surface area contributed by atoms with Crippen LogP contribution in [0.4, 0.5) is 0 Å². The molecule has 0 spiro atoms. The average molecular weight is 540 g/mol. The number of hydrogen-bond donors (Lipinski definition) is 4. The molecule has 0 radical (unpaired) electrons. The van der Waals surface area contributed by atoms with Crippen LogP contribution in [0.15, 0.2) is 47.6 Å². The summed E-state index contributed by atoms with van der Waals surface area (Å²) >= 11 is 1.51. The third-order valence-corrected chi connectivity index (χ3v) is 5.17. The highest BCUT2D eigenvalue weighted by Gasteiger charge is 2.34. The smallest absolute Gasteiger partial charge is 0.275 e. The van der Waals surface area contributed by atoms with Crippen molar-refractivity contribution in [1.29, 1.82) is 0 Å². The van der Waals surface area contributed by atoms with Crippen LogP contribution in [0.2, 0.25) is 0 Å². The molecule has 0 aliphatic rings. The highest BCUT2D eigenvalue weighted by Crippen LogP contribution is 2.28. The summed E-state index contributed by atoms with van der Waals surface area (Å²) < 4.78 is 2.22. The zero-order valence-corrected chi connectivity index (χ0v) is 18.7. The standard InChI is InChI=1S/C20H21IN4O6/c1-25(17(18(27)23-21)19(28)24-31)20(29)15-9-8-14(11-16(15)26)13-6-4-12(5-7-13)3-2-10-22-30/h4-9,11,17,26,31H,2-3,10H2,1H3,(H,23,27)(H,24,28). The quantitative estimate of drug-likeness (QED) is 0.0729. The molecule has 3 amide bonds. The van der Waals surface area contributed by atoms with Crippen LogP contribution in [0.5, 0.6) is 5.75 Å². The van der Waals surface area contributed by atoms with Crippen molar-refractivity contribution in [2.45, 2.75) is 18.9 Å². The molecule has 1 unspecified atom stereocenters. The van der Waals surface area contributed by atoms with Crippen molar-refractivity contribution in [3.63, 3.8) is 0 Å². The summed E-state index contributed by atoms with van der Waals surface area (Å²) in [6.45, 7) is 0.264. The first-order valence-corrected chi connectivity index (χ1v) is 10.2. The third-order valence-electron chi connectivity index (χ3n) is 4.64. The van der Waals surface area contributed by atoms with E-state index in [2.05, 4.69) is 8.71 Å². The lowest BCUT2D eigenvalue weighted by Gasteiger charge is -2.25. The number of likely N-dealkylation sites (N-methyl/N-ethyl adjacent to an activating group) is 1. The van der Waals surface area contributed by atoms with Crippen LogP contribution in [0.25, 0.3) is 11.1 Å². The summed E-state index contributed by atoms with van der Waals surface area (Å²) in [5.41, 5.74) is 3.76. The molecule has 1 atom stereocenters. The minimum atomic E-state index is -1.63. The molecular formula is C20H21IN4O6. The zero-order chi connectivity index (χ0) is 23.0. The van der Waals surface area contributed by atoms with Crippen molar-refractivity contribution in [3.05, 3.63) is 58.5 Å². The molecule has 0 bridgehead atoms. The number of aryl methyl sites for hydroxylation is 1. The fourth-order valence-electron chi connectivity index (χ4n) is 2.99. The van der Waals surface area contributed by atoms with Crippen LogP contribution in [0.1, 0.15) is 22.3 Å². The molecule has 10 nitrogen and oxygen atoms in total. The van der Waals surface area contributed by atoms with Gasteiger partial charge in [-0.3, -0.25) is 23.1 Å². The number of phenols is 1. The molecule has 0 saturated carbocycles. The van der Waals surface area contributed by atoms with Gasteiger partial charge in [-0.2, -0.15) is 4.91 Å². The van der Waals surface area contributed by atoms with Gasteiger partial charge in [0.15, 0.2) is 6.04 Å². The number of benzene rings is 2. The Bertz CT molecular complexity index is 951. The first-order chi connectivity index (χ1) is 14.8. The van der Waals surface area contributed by atoms with E-state index < -0.39 is 23.8 Å². The van der Waals surface area contributed by atoms with Gasteiger partial charge >= 0.3 is 0 Å². The number of hydroxylamine groups is 1. The summed E-state index contributed by atoms with van der Waals surface area (Å²) in [6, 6.07) is 10.3. The van der Waals surface area contributed by atoms with Gasteiger partial charge in [-0.1, -0.05) is 35.5 Å². The molecule has 2 aromatic carbocycles. The fourth-order valence-corrected chi connectivity index (χ4v) is 3.29. The number of halogens is 1. The number of nitrogens with zero attached hydrogens (tertiary/aromatic N) is 2. The van der Waals surface area contributed by atoms with Crippen molar-refractivity contribution < 1.29 is 24.7 Å². The molecule has 0 aliphatic heterocycles. The first-order valence-electron chi connectivity index (χ1n) is 9.17. The van der Waals surface area contributed by atoms with Gasteiger partial charge < -0.3 is 10.0 Å². The van der Waals surface area contributed by atoms with Crippen LogP contribution >= 0.6 is 22.9 Å². The molecule has 0 saturated heterocycles. The minimum absolute atomic E-state index is 0.110. The Hall–Kier alpha value is -3.06. The number of nitrogens with one attached hydrogen (secondary N) is 2. The minimum Gasteiger partial charge on any atom is -0.507 e. The van der Waals surface area contributed by atoms with Crippen LogP contribution in [0.3, 0.4) is 0 Å². The van der Waals surface area contributed by atoms with Crippen molar-refractivity contribution in [2.75, 3.05) is 13.6 Å². The number of nitroso groups, excluding NO2 is 1. The maximum absolute atomic E-state index is 12.8. The Kier molecular flexibility index (Phi) is 8.88. The molecular weight excluding hydrogens is 519 g/mol. The number of rotatable bonds is 9. The van der Waals surface area contributed by atoms with Gasteiger partial charge in [-0.25, -0.2) is 5.48 Å². The summed E-state index contributed by atoms with van der Waals surface area (Å²) in [5, 5.41) is 22.1. The molecule has 164 valence electrons. The van der Waals surface area contributed by atoms with Crippen LogP contribution in [-0.2, 0) is 16.0 Å². The van der Waals surface area contributed by atoms with Gasteiger partial charge in [0.2, 0.25) is 0 Å². The summed E-state index contributed by atoms with van der Waals surface area (Å²) in [4.78, 5) is 47.5. The number of hydrogen-bond acceptors (Lipinski definition) is 7. The van der Waals surface area contributed by atoms with E-state index >= 15 is 0 Å². The Morgan fingerprint density at radius 1 is 1.10 bits per heavy atom. The molecule has 0 fully saturated rings. The molecule has 0 heterocycles. The van der Waals surface area contributed by atoms with E-state index in [1.165, 1.54) is 47.5 Å². The van der Waals surface area contributed by atoms with E-state index in [-0.39, 0.29) is 17.9 Å². The largest absolute Gasteiger partial charge is 0.507 e. The molecule has 2 aromatic rings. The van der Waals surface area contributed by atoms with Crippen LogP contribution < -0.4 is 9.01 Å². The summed E-state index contributed by atoms with van der Waals surface area (Å²) in [6.07, 6.45) is 1.39. The lowest BCUT2D eigenvalue weighted by atomic mass is 10.00. The van der Waals surface area contributed by atoms with Crippen molar-refractivity contribution in [1.82, 2.24) is 13.9 Å². The van der Waals surface area contributed by atoms with E-state index in [0.29, 0.717) is 12.0 Å². The van der Waals surface area contributed by atoms with Gasteiger partial charge in [-0.15, -0.1) is 0 Å². The molecule has 0 aliphatic carbocycles. The second kappa shape index (κ2) is 11.4. The summed E-state index contributed by atoms with van der Waals surface area (Å²) in [5.74, 6) is -3.02. The van der Waals surface area contributed by atoms with E-state index in [1.807, 2.05) is 24.3 Å². The molecule has 11 heteroatoms. The highest BCUT2D eigenvalue weighted by atomic mass is 127. The van der Waals surface area contributed by atoms with E-state index in [9.17, 15) is 24.4 Å². The van der Waals surface area contributed by atoms with Gasteiger partial charge in [0, 0.05) is 7.05 Å². The van der Waals surface area contributed by atoms with E-state index in [4.69, 9.17) is 5.21 Å². The SMILES string of the molecule is CN(C(=O)c1ccc(-c2ccc(CCCN=O)cc2)cc1O)C(C(=O)NO)C(=O)NI. The Morgan fingerprint density at radius 2 is 1.74 bits per heavy atom. The number of amides is 3. The van der Waals surface area contributed by atoms with E-state index in [1.54, 1.807) is 6.07 Å². The molecule has 4 N–H and O–H groups in total. The first kappa shape index (κ1) is 24.2. The maximum Gasteiger partial charge on any atom is 0.275 e. The fraction of sp³-hybridized carbons (Fsp3) is 0.250. The highest BCUT2D eigenvalue weighted by molar-refractivity contribution is 14.1. The monoisotopic (exact) mass is 540 g/mol. The second-order valence-electron chi connectivity index (χ2n) is 6.64. The van der Waals surface area contributed by atoms with Crippen LogP contribution in [0, 0.1) is 4.91 Å². The van der Waals surface area contributed by atoms with Crippen molar-refractivity contribution >= 4 is 40.6 Å². The number of carbonyl (C=O) groups excluding carboxylic acids is 3. The number of carbonyl (C=O) groups is 3. The lowest BCUT2D eigenvalue weighted by molar-refractivity contribution is -0.140. The normalized spacial score (nSPS) is 11.3. The zero-order valence-electron chi connectivity index (χ0n) is 16.5. The van der Waals surface area contributed by atoms with Crippen LogP contribution in [-0.4, -0.2) is 52.6 Å². The molecule has 0 aromatic heterocycles. The van der Waals surface area contributed by atoms with Gasteiger partial charge in [0.1, 0.15) is 5.75 Å². The Morgan fingerprint density at radius 3 is 2.29 bits per heavy atom. The molecule has 31 heavy (non-hydrogen) atoms. The topological polar surface area (TPSA) is 148 Å². The third kappa shape index (κ3) is 5.98. The van der Waals surface area contributed by atoms with Gasteiger partial charge in [-0.05, 0) is 41.7 Å². The number of aromatic hydroxyl groups is 1. The Balaban J connectivity index is 2.23. The number of phenolic OH excluding ortho intramolecular Hbond substituents is 1. The van der Waals surface area contributed by atoms with E-state index in [0.717, 1.165) is 22.4 Å². The lowest BCUT2D eigenvalue weighted by Crippen LogP contribution is -2.54. The van der Waals surface area contributed by atoms with Gasteiger partial charge in [0.25, 0.3) is 17.7 Å². The van der Waals surface area contributed by atoms with Crippen molar-refractivity contribution in [3.8, 4) is 16.9 Å². The van der Waals surface area contributed by atoms with Crippen molar-refractivity contribution in [2.24, 2.45) is 5.18 Å². The maximum atomic E-state index is 12.8.